The first-order valence-electron chi connectivity index (χ1n) is 6.35. The zero-order chi connectivity index (χ0) is 15.8. The number of rotatable bonds is 3. The zero-order valence-electron chi connectivity index (χ0n) is 11.3. The highest BCUT2D eigenvalue weighted by molar-refractivity contribution is 7.89. The molecule has 116 valence electrons. The van der Waals surface area contributed by atoms with E-state index in [0.717, 1.165) is 22.5 Å². The van der Waals surface area contributed by atoms with Crippen LogP contribution in [0.5, 0.6) is 0 Å². The summed E-state index contributed by atoms with van der Waals surface area (Å²) >= 11 is 5.61. The molecule has 1 saturated heterocycles. The van der Waals surface area contributed by atoms with Gasteiger partial charge >= 0.3 is 5.97 Å². The van der Waals surface area contributed by atoms with Crippen molar-refractivity contribution >= 4 is 27.6 Å². The van der Waals surface area contributed by atoms with Crippen LogP contribution in [0.1, 0.15) is 19.8 Å². The minimum Gasteiger partial charge on any atom is -0.481 e. The molecule has 21 heavy (non-hydrogen) atoms. The molecule has 0 amide bonds. The van der Waals surface area contributed by atoms with E-state index in [9.17, 15) is 22.7 Å². The molecule has 1 N–H and O–H groups in total. The SMILES string of the molecule is CC1(C(=O)O)CCCN(S(=O)(=O)c2ccc(F)c(Cl)c2)C1. The Morgan fingerprint density at radius 1 is 1.48 bits per heavy atom. The molecule has 1 atom stereocenters. The molecule has 0 bridgehead atoms. The molecule has 1 aliphatic rings. The first-order valence-corrected chi connectivity index (χ1v) is 8.17. The van der Waals surface area contributed by atoms with Gasteiger partial charge in [-0.15, -0.1) is 0 Å². The monoisotopic (exact) mass is 335 g/mol. The van der Waals surface area contributed by atoms with Crippen LogP contribution in [0.15, 0.2) is 23.1 Å². The number of piperidine rings is 1. The number of carbonyl (C=O) groups is 1. The molecular formula is C13H15ClFNO4S. The van der Waals surface area contributed by atoms with Crippen LogP contribution >= 0.6 is 11.6 Å². The van der Waals surface area contributed by atoms with E-state index in [2.05, 4.69) is 0 Å². The fourth-order valence-electron chi connectivity index (χ4n) is 2.36. The van der Waals surface area contributed by atoms with Crippen molar-refractivity contribution in [2.45, 2.75) is 24.7 Å². The maximum absolute atomic E-state index is 13.1. The van der Waals surface area contributed by atoms with Gasteiger partial charge in [-0.25, -0.2) is 12.8 Å². The maximum atomic E-state index is 13.1. The molecule has 0 aromatic heterocycles. The van der Waals surface area contributed by atoms with Crippen molar-refractivity contribution in [3.05, 3.63) is 29.0 Å². The average Bonchev–Trinajstić information content (AvgIpc) is 2.41. The molecule has 1 fully saturated rings. The summed E-state index contributed by atoms with van der Waals surface area (Å²) in [6, 6.07) is 3.15. The smallest absolute Gasteiger partial charge is 0.310 e. The number of aliphatic carboxylic acids is 1. The van der Waals surface area contributed by atoms with Gasteiger partial charge in [0, 0.05) is 13.1 Å². The minimum absolute atomic E-state index is 0.111. The summed E-state index contributed by atoms with van der Waals surface area (Å²) in [5, 5.41) is 8.96. The van der Waals surface area contributed by atoms with E-state index in [4.69, 9.17) is 11.6 Å². The lowest BCUT2D eigenvalue weighted by Crippen LogP contribution is -2.48. The summed E-state index contributed by atoms with van der Waals surface area (Å²) in [5.74, 6) is -1.73. The molecule has 1 aromatic carbocycles. The lowest BCUT2D eigenvalue weighted by Gasteiger charge is -2.36. The third kappa shape index (κ3) is 3.04. The van der Waals surface area contributed by atoms with Gasteiger partial charge in [0.1, 0.15) is 5.82 Å². The summed E-state index contributed by atoms with van der Waals surface area (Å²) < 4.78 is 39.3. The van der Waals surface area contributed by atoms with Crippen molar-refractivity contribution in [1.82, 2.24) is 4.31 Å². The van der Waals surface area contributed by atoms with E-state index in [1.165, 1.54) is 6.92 Å². The van der Waals surface area contributed by atoms with Crippen LogP contribution in [0.3, 0.4) is 0 Å². The lowest BCUT2D eigenvalue weighted by molar-refractivity contribution is -0.150. The van der Waals surface area contributed by atoms with E-state index >= 15 is 0 Å². The highest BCUT2D eigenvalue weighted by Gasteiger charge is 2.42. The Hall–Kier alpha value is -1.18. The third-order valence-corrected chi connectivity index (χ3v) is 5.84. The van der Waals surface area contributed by atoms with E-state index in [1.807, 2.05) is 0 Å². The quantitative estimate of drug-likeness (QED) is 0.920. The number of sulfonamides is 1. The van der Waals surface area contributed by atoms with Crippen LogP contribution in [0.2, 0.25) is 5.02 Å². The van der Waals surface area contributed by atoms with Crippen LogP contribution < -0.4 is 0 Å². The Labute approximate surface area is 127 Å². The van der Waals surface area contributed by atoms with Crippen molar-refractivity contribution in [1.29, 1.82) is 0 Å². The van der Waals surface area contributed by atoms with Gasteiger partial charge in [-0.2, -0.15) is 4.31 Å². The van der Waals surface area contributed by atoms with Crippen LogP contribution in [0, 0.1) is 11.2 Å². The molecule has 1 aliphatic heterocycles. The Morgan fingerprint density at radius 3 is 2.71 bits per heavy atom. The van der Waals surface area contributed by atoms with E-state index < -0.39 is 27.2 Å². The van der Waals surface area contributed by atoms with Crippen molar-refractivity contribution < 1.29 is 22.7 Å². The van der Waals surface area contributed by atoms with Crippen LogP contribution in [0.25, 0.3) is 0 Å². The van der Waals surface area contributed by atoms with Gasteiger partial charge in [0.2, 0.25) is 10.0 Å². The molecule has 0 saturated carbocycles. The first-order chi connectivity index (χ1) is 9.67. The van der Waals surface area contributed by atoms with Gasteiger partial charge < -0.3 is 5.11 Å². The van der Waals surface area contributed by atoms with Gasteiger partial charge in [0.15, 0.2) is 0 Å². The van der Waals surface area contributed by atoms with Gasteiger partial charge in [-0.1, -0.05) is 11.6 Å². The number of halogens is 2. The molecule has 8 heteroatoms. The minimum atomic E-state index is -3.89. The summed E-state index contributed by atoms with van der Waals surface area (Å²) in [5.41, 5.74) is -1.12. The average molecular weight is 336 g/mol. The molecular weight excluding hydrogens is 321 g/mol. The first kappa shape index (κ1) is 16.2. The summed E-state index contributed by atoms with van der Waals surface area (Å²) in [7, 11) is -3.89. The second-order valence-electron chi connectivity index (χ2n) is 5.38. The van der Waals surface area contributed by atoms with Crippen LogP contribution in [-0.2, 0) is 14.8 Å². The Morgan fingerprint density at radius 2 is 2.14 bits per heavy atom. The standard InChI is InChI=1S/C13H15ClFNO4S/c1-13(12(17)18)5-2-6-16(8-13)21(19,20)9-3-4-11(15)10(14)7-9/h3-4,7H,2,5-6,8H2,1H3,(H,17,18). The van der Waals surface area contributed by atoms with E-state index in [-0.39, 0.29) is 23.0 Å². The predicted octanol–water partition coefficient (Wildman–Crippen LogP) is 2.35. The van der Waals surface area contributed by atoms with Gasteiger partial charge in [-0.05, 0) is 38.0 Å². The number of hydrogen-bond donors (Lipinski definition) is 1. The Balaban J connectivity index is 2.35. The van der Waals surface area contributed by atoms with Gasteiger partial charge in [0.25, 0.3) is 0 Å². The molecule has 0 spiro atoms. The predicted molar refractivity (Wildman–Crippen MR) is 75.1 cm³/mol. The lowest BCUT2D eigenvalue weighted by atomic mass is 9.83. The van der Waals surface area contributed by atoms with Gasteiger partial charge in [-0.3, -0.25) is 4.79 Å². The number of carboxylic acid groups (broad SMARTS) is 1. The normalized spacial score (nSPS) is 24.0. The number of hydrogen-bond acceptors (Lipinski definition) is 3. The second-order valence-corrected chi connectivity index (χ2v) is 7.73. The highest BCUT2D eigenvalue weighted by Crippen LogP contribution is 2.33. The molecule has 0 aliphatic carbocycles. The summed E-state index contributed by atoms with van der Waals surface area (Å²) in [6.07, 6.45) is 0.871. The molecule has 1 unspecified atom stereocenters. The topological polar surface area (TPSA) is 74.7 Å². The summed E-state index contributed by atoms with van der Waals surface area (Å²) in [6.45, 7) is 1.65. The number of benzene rings is 1. The molecule has 1 heterocycles. The number of carboxylic acids is 1. The van der Waals surface area contributed by atoms with Gasteiger partial charge in [0.05, 0.1) is 15.3 Å². The highest BCUT2D eigenvalue weighted by atomic mass is 35.5. The van der Waals surface area contributed by atoms with Crippen molar-refractivity contribution in [2.75, 3.05) is 13.1 Å². The number of nitrogens with zero attached hydrogens (tertiary/aromatic N) is 1. The fraction of sp³-hybridized carbons (Fsp3) is 0.462. The maximum Gasteiger partial charge on any atom is 0.310 e. The van der Waals surface area contributed by atoms with E-state index in [1.54, 1.807) is 0 Å². The van der Waals surface area contributed by atoms with Crippen molar-refractivity contribution in [3.63, 3.8) is 0 Å². The molecule has 2 rings (SSSR count). The largest absolute Gasteiger partial charge is 0.481 e. The second kappa shape index (κ2) is 5.55. The fourth-order valence-corrected chi connectivity index (χ4v) is 4.23. The van der Waals surface area contributed by atoms with Crippen molar-refractivity contribution in [3.8, 4) is 0 Å². The zero-order valence-corrected chi connectivity index (χ0v) is 12.9. The van der Waals surface area contributed by atoms with Crippen molar-refractivity contribution in [2.24, 2.45) is 5.41 Å². The third-order valence-electron chi connectivity index (χ3n) is 3.71. The Bertz CT molecular complexity index is 679. The van der Waals surface area contributed by atoms with E-state index in [0.29, 0.717) is 12.8 Å². The molecule has 1 aromatic rings. The van der Waals surface area contributed by atoms with Crippen LogP contribution in [0.4, 0.5) is 4.39 Å². The molecule has 5 nitrogen and oxygen atoms in total. The Kier molecular flexibility index (Phi) is 4.28. The van der Waals surface area contributed by atoms with Crippen LogP contribution in [-0.4, -0.2) is 36.9 Å². The molecule has 0 radical (unpaired) electrons. The summed E-state index contributed by atoms with van der Waals surface area (Å²) in [4.78, 5) is 11.2.